The fourth-order valence-electron chi connectivity index (χ4n) is 3.98. The number of carbonyl (C=O) groups excluding carboxylic acids is 1. The number of nitrogens with zero attached hydrogens (tertiary/aromatic N) is 3. The van der Waals surface area contributed by atoms with Crippen molar-refractivity contribution in [3.8, 4) is 11.3 Å². The van der Waals surface area contributed by atoms with Gasteiger partial charge in [-0.15, -0.1) is 11.3 Å². The smallest absolute Gasteiger partial charge is 0.222 e. The first-order valence-electron chi connectivity index (χ1n) is 10.0. The number of hydrogen-bond donors (Lipinski definition) is 0. The van der Waals surface area contributed by atoms with Gasteiger partial charge in [0.15, 0.2) is 0 Å². The summed E-state index contributed by atoms with van der Waals surface area (Å²) in [7, 11) is 0. The van der Waals surface area contributed by atoms with Gasteiger partial charge in [-0.25, -0.2) is 4.98 Å². The van der Waals surface area contributed by atoms with Crippen LogP contribution in [0.15, 0.2) is 29.9 Å². The minimum absolute atomic E-state index is 0.291. The number of carbonyl (C=O) groups is 1. The highest BCUT2D eigenvalue weighted by Gasteiger charge is 2.26. The van der Waals surface area contributed by atoms with Crippen molar-refractivity contribution in [2.24, 2.45) is 0 Å². The lowest BCUT2D eigenvalue weighted by molar-refractivity contribution is -0.133. The largest absolute Gasteiger partial charge is 0.378 e. The van der Waals surface area contributed by atoms with E-state index in [0.29, 0.717) is 24.3 Å². The lowest BCUT2D eigenvalue weighted by Crippen LogP contribution is -2.38. The molecule has 1 atom stereocenters. The van der Waals surface area contributed by atoms with Gasteiger partial charge in [-0.1, -0.05) is 0 Å². The van der Waals surface area contributed by atoms with Crippen LogP contribution in [0, 0.1) is 0 Å². The topological polar surface area (TPSA) is 55.3 Å². The molecule has 0 bridgehead atoms. The zero-order valence-electron chi connectivity index (χ0n) is 15.7. The van der Waals surface area contributed by atoms with Crippen LogP contribution in [-0.4, -0.2) is 46.6 Å². The van der Waals surface area contributed by atoms with Crippen molar-refractivity contribution >= 4 is 17.2 Å². The molecule has 27 heavy (non-hydrogen) atoms. The first-order chi connectivity index (χ1) is 13.3. The standard InChI is InChI=1S/C21H27N3O2S/c25-20(5-4-18-3-1-2-14-26-18)24-12-8-17(9-13-24)21-23-19(15-27-21)16-6-10-22-11-7-16/h6-7,10-11,15,17-18H,1-5,8-9,12-14H2/t18-/m1/s1. The molecule has 1 amide bonds. The summed E-state index contributed by atoms with van der Waals surface area (Å²) < 4.78 is 5.75. The first kappa shape index (κ1) is 18.6. The molecule has 2 aliphatic rings. The zero-order valence-corrected chi connectivity index (χ0v) is 16.5. The van der Waals surface area contributed by atoms with Gasteiger partial charge in [0.25, 0.3) is 0 Å². The van der Waals surface area contributed by atoms with Crippen molar-refractivity contribution < 1.29 is 9.53 Å². The molecular formula is C21H27N3O2S. The van der Waals surface area contributed by atoms with Gasteiger partial charge >= 0.3 is 0 Å². The molecule has 0 aliphatic carbocycles. The summed E-state index contributed by atoms with van der Waals surface area (Å²) in [5.74, 6) is 0.760. The summed E-state index contributed by atoms with van der Waals surface area (Å²) in [5, 5.41) is 3.33. The maximum Gasteiger partial charge on any atom is 0.222 e. The van der Waals surface area contributed by atoms with E-state index in [4.69, 9.17) is 9.72 Å². The van der Waals surface area contributed by atoms with E-state index in [2.05, 4.69) is 10.4 Å². The van der Waals surface area contributed by atoms with Gasteiger partial charge in [0.05, 0.1) is 16.8 Å². The molecule has 2 aromatic heterocycles. The third kappa shape index (κ3) is 4.74. The number of ether oxygens (including phenoxy) is 1. The Morgan fingerprint density at radius 3 is 2.74 bits per heavy atom. The minimum Gasteiger partial charge on any atom is -0.378 e. The predicted molar refractivity (Wildman–Crippen MR) is 107 cm³/mol. The number of pyridine rings is 1. The summed E-state index contributed by atoms with van der Waals surface area (Å²) in [4.78, 5) is 23.5. The van der Waals surface area contributed by atoms with Gasteiger partial charge in [0, 0.05) is 55.4 Å². The highest BCUT2D eigenvalue weighted by molar-refractivity contribution is 7.10. The maximum atomic E-state index is 12.5. The first-order valence-corrected chi connectivity index (χ1v) is 10.9. The van der Waals surface area contributed by atoms with Crippen molar-refractivity contribution in [2.75, 3.05) is 19.7 Å². The van der Waals surface area contributed by atoms with E-state index in [1.54, 1.807) is 23.7 Å². The molecule has 2 saturated heterocycles. The number of aromatic nitrogens is 2. The lowest BCUT2D eigenvalue weighted by atomic mass is 9.97. The molecule has 2 fully saturated rings. The van der Waals surface area contributed by atoms with E-state index in [0.717, 1.165) is 63.1 Å². The molecule has 0 aromatic carbocycles. The third-order valence-corrected chi connectivity index (χ3v) is 6.66. The molecule has 0 spiro atoms. The van der Waals surface area contributed by atoms with Crippen LogP contribution in [0.3, 0.4) is 0 Å². The van der Waals surface area contributed by atoms with Gasteiger partial charge in [-0.05, 0) is 50.7 Å². The molecule has 0 unspecified atom stereocenters. The van der Waals surface area contributed by atoms with Crippen LogP contribution in [-0.2, 0) is 9.53 Å². The minimum atomic E-state index is 0.291. The quantitative estimate of drug-likeness (QED) is 0.772. The fourth-order valence-corrected chi connectivity index (χ4v) is 4.98. The number of thiazole rings is 1. The second kappa shape index (κ2) is 8.93. The average molecular weight is 386 g/mol. The summed E-state index contributed by atoms with van der Waals surface area (Å²) in [6.45, 7) is 2.55. The summed E-state index contributed by atoms with van der Waals surface area (Å²) in [6.07, 6.45) is 10.9. The molecule has 144 valence electrons. The Labute approximate surface area is 164 Å². The van der Waals surface area contributed by atoms with Gasteiger partial charge in [-0.2, -0.15) is 0 Å². The molecule has 2 aromatic rings. The van der Waals surface area contributed by atoms with Crippen molar-refractivity contribution in [3.05, 3.63) is 34.9 Å². The van der Waals surface area contributed by atoms with Crippen molar-refractivity contribution in [3.63, 3.8) is 0 Å². The average Bonchev–Trinajstić information content (AvgIpc) is 3.24. The van der Waals surface area contributed by atoms with E-state index in [1.807, 2.05) is 17.0 Å². The Morgan fingerprint density at radius 2 is 2.00 bits per heavy atom. The maximum absolute atomic E-state index is 12.5. The highest BCUT2D eigenvalue weighted by Crippen LogP contribution is 2.33. The lowest BCUT2D eigenvalue weighted by Gasteiger charge is -2.32. The Kier molecular flexibility index (Phi) is 6.14. The molecule has 2 aliphatic heterocycles. The monoisotopic (exact) mass is 385 g/mol. The fraction of sp³-hybridized carbons (Fsp3) is 0.571. The molecule has 0 radical (unpaired) electrons. The second-order valence-electron chi connectivity index (χ2n) is 7.49. The van der Waals surface area contributed by atoms with E-state index >= 15 is 0 Å². The summed E-state index contributed by atoms with van der Waals surface area (Å²) in [5.41, 5.74) is 2.15. The number of amides is 1. The van der Waals surface area contributed by atoms with E-state index in [-0.39, 0.29) is 0 Å². The van der Waals surface area contributed by atoms with Crippen LogP contribution in [0.2, 0.25) is 0 Å². The van der Waals surface area contributed by atoms with Crippen molar-refractivity contribution in [2.45, 2.75) is 57.0 Å². The third-order valence-electron chi connectivity index (χ3n) is 5.65. The summed E-state index contributed by atoms with van der Waals surface area (Å²) >= 11 is 1.74. The number of likely N-dealkylation sites (tertiary alicyclic amines) is 1. The van der Waals surface area contributed by atoms with Gasteiger partial charge in [0.1, 0.15) is 0 Å². The molecule has 4 rings (SSSR count). The van der Waals surface area contributed by atoms with Crippen LogP contribution in [0.4, 0.5) is 0 Å². The van der Waals surface area contributed by atoms with E-state index in [1.165, 1.54) is 11.4 Å². The van der Waals surface area contributed by atoms with Gasteiger partial charge in [-0.3, -0.25) is 9.78 Å². The Bertz CT molecular complexity index is 735. The normalized spacial score (nSPS) is 21.3. The molecule has 4 heterocycles. The van der Waals surface area contributed by atoms with E-state index in [9.17, 15) is 4.79 Å². The van der Waals surface area contributed by atoms with Crippen LogP contribution >= 0.6 is 11.3 Å². The molecular weight excluding hydrogens is 358 g/mol. The zero-order chi connectivity index (χ0) is 18.5. The SMILES string of the molecule is O=C(CC[C@H]1CCCCO1)N1CCC(c2nc(-c3ccncc3)cs2)CC1. The van der Waals surface area contributed by atoms with Gasteiger partial charge in [0.2, 0.25) is 5.91 Å². The summed E-state index contributed by atoms with van der Waals surface area (Å²) in [6, 6.07) is 3.99. The molecule has 0 N–H and O–H groups in total. The molecule has 5 nitrogen and oxygen atoms in total. The number of hydrogen-bond acceptors (Lipinski definition) is 5. The van der Waals surface area contributed by atoms with Crippen molar-refractivity contribution in [1.29, 1.82) is 0 Å². The van der Waals surface area contributed by atoms with Crippen LogP contribution < -0.4 is 0 Å². The Hall–Kier alpha value is -1.79. The molecule has 0 saturated carbocycles. The number of piperidine rings is 1. The highest BCUT2D eigenvalue weighted by atomic mass is 32.1. The van der Waals surface area contributed by atoms with Crippen LogP contribution in [0.25, 0.3) is 11.3 Å². The second-order valence-corrected chi connectivity index (χ2v) is 8.38. The van der Waals surface area contributed by atoms with Gasteiger partial charge < -0.3 is 9.64 Å². The predicted octanol–water partition coefficient (Wildman–Crippen LogP) is 4.26. The number of rotatable bonds is 5. The Morgan fingerprint density at radius 1 is 1.19 bits per heavy atom. The van der Waals surface area contributed by atoms with Crippen molar-refractivity contribution in [1.82, 2.24) is 14.9 Å². The molecule has 6 heteroatoms. The Balaban J connectivity index is 1.26. The van der Waals surface area contributed by atoms with Crippen LogP contribution in [0.5, 0.6) is 0 Å². The van der Waals surface area contributed by atoms with E-state index < -0.39 is 0 Å². The van der Waals surface area contributed by atoms with Crippen LogP contribution in [0.1, 0.15) is 55.9 Å².